The third-order valence-corrected chi connectivity index (χ3v) is 8.89. The molecular weight excluding hydrogens is 516 g/mol. The zero-order valence-electron chi connectivity index (χ0n) is 24.4. The Kier molecular flexibility index (Phi) is 9.78. The molecule has 2 fully saturated rings. The Morgan fingerprint density at radius 2 is 1.37 bits per heavy atom. The van der Waals surface area contributed by atoms with Crippen LogP contribution in [0.15, 0.2) is 30.3 Å². The van der Waals surface area contributed by atoms with Gasteiger partial charge in [-0.15, -0.1) is 0 Å². The minimum atomic E-state index is -0.979. The third kappa shape index (κ3) is 6.84. The number of carbonyl (C=O) groups is 2. The maximum atomic E-state index is 12.9. The van der Waals surface area contributed by atoms with Gasteiger partial charge in [0.05, 0.1) is 17.7 Å². The zero-order chi connectivity index (χ0) is 28.8. The van der Waals surface area contributed by atoms with Crippen molar-refractivity contribution in [2.45, 2.75) is 71.1 Å². The zero-order valence-corrected chi connectivity index (χ0v) is 24.4. The quantitative estimate of drug-likeness (QED) is 0.241. The second-order valence-corrected chi connectivity index (χ2v) is 11.7. The van der Waals surface area contributed by atoms with E-state index < -0.39 is 11.9 Å². The molecule has 7 heteroatoms. The Bertz CT molecular complexity index is 1390. The van der Waals surface area contributed by atoms with Crippen LogP contribution in [0.2, 0.25) is 0 Å². The molecule has 2 aliphatic heterocycles. The van der Waals surface area contributed by atoms with E-state index in [1.165, 1.54) is 38.5 Å². The summed E-state index contributed by atoms with van der Waals surface area (Å²) in [6, 6.07) is 9.18. The number of piperidine rings is 2. The summed E-state index contributed by atoms with van der Waals surface area (Å²) in [5, 5.41) is 23.8. The predicted octanol–water partition coefficient (Wildman–Crippen LogP) is 6.63. The molecule has 0 aromatic heterocycles. The molecule has 7 nitrogen and oxygen atoms in total. The molecule has 2 N–H and O–H groups in total. The Labute approximate surface area is 243 Å². The van der Waals surface area contributed by atoms with Crippen molar-refractivity contribution in [3.63, 3.8) is 0 Å². The summed E-state index contributed by atoms with van der Waals surface area (Å²) in [5.41, 5.74) is 2.41. The van der Waals surface area contributed by atoms with Crippen LogP contribution in [0, 0.1) is 0 Å². The Balaban J connectivity index is 1.59. The Hall–Kier alpha value is -3.16. The molecule has 0 aliphatic carbocycles. The summed E-state index contributed by atoms with van der Waals surface area (Å²) in [6.07, 6.45) is 10.7. The van der Waals surface area contributed by atoms with E-state index >= 15 is 0 Å². The summed E-state index contributed by atoms with van der Waals surface area (Å²) in [4.78, 5) is 29.7. The van der Waals surface area contributed by atoms with Gasteiger partial charge in [0.15, 0.2) is 0 Å². The highest BCUT2D eigenvalue weighted by Crippen LogP contribution is 2.39. The van der Waals surface area contributed by atoms with Crippen molar-refractivity contribution in [1.29, 1.82) is 0 Å². The maximum Gasteiger partial charge on any atom is 0.336 e. The monoisotopic (exact) mass is 560 g/mol. The lowest BCUT2D eigenvalue weighted by Gasteiger charge is -2.27. The van der Waals surface area contributed by atoms with Crippen LogP contribution in [0.5, 0.6) is 5.75 Å². The number of ether oxygens (including phenoxy) is 1. The van der Waals surface area contributed by atoms with Crippen molar-refractivity contribution in [3.8, 4) is 5.75 Å². The first-order valence-electron chi connectivity index (χ1n) is 15.6. The summed E-state index contributed by atoms with van der Waals surface area (Å²) >= 11 is 0. The van der Waals surface area contributed by atoms with Gasteiger partial charge in [-0.25, -0.2) is 9.59 Å². The molecule has 0 saturated carbocycles. The summed E-state index contributed by atoms with van der Waals surface area (Å²) < 4.78 is 6.03. The van der Waals surface area contributed by atoms with Crippen molar-refractivity contribution in [2.75, 3.05) is 45.9 Å². The summed E-state index contributed by atoms with van der Waals surface area (Å²) in [5.74, 6) is -1.25. The van der Waals surface area contributed by atoms with Gasteiger partial charge in [-0.1, -0.05) is 18.9 Å². The largest absolute Gasteiger partial charge is 0.493 e. The lowest BCUT2D eigenvalue weighted by molar-refractivity contribution is 0.0684. The number of fused-ring (bicyclic) bond motifs is 3. The van der Waals surface area contributed by atoms with Crippen LogP contribution < -0.4 is 4.74 Å². The SMILES string of the molecule is CCOc1cc2c(CCCN3CCCCC3)c(C(=O)O)c(CCCN3CCCCC3)cc2c2ccc(C(=O)O)cc12. The van der Waals surface area contributed by atoms with E-state index in [0.717, 1.165) is 84.8 Å². The number of hydrogen-bond acceptors (Lipinski definition) is 5. The number of aromatic carboxylic acids is 2. The molecule has 0 spiro atoms. The molecule has 220 valence electrons. The lowest BCUT2D eigenvalue weighted by atomic mass is 9.87. The smallest absolute Gasteiger partial charge is 0.336 e. The first-order valence-corrected chi connectivity index (χ1v) is 15.6. The van der Waals surface area contributed by atoms with Crippen LogP contribution in [0.25, 0.3) is 21.5 Å². The molecule has 2 aliphatic rings. The van der Waals surface area contributed by atoms with Gasteiger partial charge in [0, 0.05) is 5.39 Å². The number of rotatable bonds is 12. The molecule has 3 aromatic carbocycles. The second-order valence-electron chi connectivity index (χ2n) is 11.7. The van der Waals surface area contributed by atoms with Gasteiger partial charge in [-0.05, 0) is 149 Å². The van der Waals surface area contributed by atoms with Crippen LogP contribution in [0.1, 0.15) is 90.1 Å². The number of hydrogen-bond donors (Lipinski definition) is 2. The average molecular weight is 561 g/mol. The predicted molar refractivity (Wildman–Crippen MR) is 164 cm³/mol. The standard InChI is InChI=1S/C34H44N2O5/c1-2-41-31-23-29-27(12-10-20-36-17-7-4-8-18-36)32(34(39)40)24(11-9-19-35-15-5-3-6-16-35)21-28(29)26-14-13-25(33(37)38)22-30(26)31/h13-14,21-23H,2-12,15-20H2,1H3,(H,37,38)(H,39,40). The molecule has 0 bridgehead atoms. The molecule has 0 unspecified atom stereocenters. The van der Waals surface area contributed by atoms with E-state index in [1.54, 1.807) is 12.1 Å². The van der Waals surface area contributed by atoms with Gasteiger partial charge in [-0.3, -0.25) is 0 Å². The Morgan fingerprint density at radius 3 is 1.95 bits per heavy atom. The number of benzene rings is 3. The fourth-order valence-electron chi connectivity index (χ4n) is 6.86. The maximum absolute atomic E-state index is 12.9. The molecule has 0 atom stereocenters. The number of carboxylic acids is 2. The molecule has 0 radical (unpaired) electrons. The van der Waals surface area contributed by atoms with Crippen LogP contribution in [0.3, 0.4) is 0 Å². The third-order valence-electron chi connectivity index (χ3n) is 8.89. The molecule has 5 rings (SSSR count). The molecule has 41 heavy (non-hydrogen) atoms. The first kappa shape index (κ1) is 29.3. The van der Waals surface area contributed by atoms with E-state index in [2.05, 4.69) is 15.9 Å². The topological polar surface area (TPSA) is 90.3 Å². The average Bonchev–Trinajstić information content (AvgIpc) is 2.98. The van der Waals surface area contributed by atoms with Gasteiger partial charge >= 0.3 is 11.9 Å². The van der Waals surface area contributed by atoms with Gasteiger partial charge in [0.25, 0.3) is 0 Å². The van der Waals surface area contributed by atoms with E-state index in [0.29, 0.717) is 30.8 Å². The van der Waals surface area contributed by atoms with Gasteiger partial charge in [0.1, 0.15) is 5.75 Å². The summed E-state index contributed by atoms with van der Waals surface area (Å²) in [7, 11) is 0. The van der Waals surface area contributed by atoms with E-state index in [-0.39, 0.29) is 5.56 Å². The fourth-order valence-corrected chi connectivity index (χ4v) is 6.86. The van der Waals surface area contributed by atoms with Crippen LogP contribution in [-0.2, 0) is 12.8 Å². The van der Waals surface area contributed by atoms with E-state index in [1.807, 2.05) is 19.1 Å². The van der Waals surface area contributed by atoms with Crippen LogP contribution in [0.4, 0.5) is 0 Å². The van der Waals surface area contributed by atoms with Gasteiger partial charge < -0.3 is 24.7 Å². The molecule has 2 heterocycles. The fraction of sp³-hybridized carbons (Fsp3) is 0.529. The highest BCUT2D eigenvalue weighted by molar-refractivity contribution is 6.14. The van der Waals surface area contributed by atoms with Gasteiger partial charge in [-0.2, -0.15) is 0 Å². The lowest BCUT2D eigenvalue weighted by Crippen LogP contribution is -2.31. The van der Waals surface area contributed by atoms with Crippen molar-refractivity contribution < 1.29 is 24.5 Å². The van der Waals surface area contributed by atoms with E-state index in [9.17, 15) is 19.8 Å². The highest BCUT2D eigenvalue weighted by Gasteiger charge is 2.23. The Morgan fingerprint density at radius 1 is 0.732 bits per heavy atom. The van der Waals surface area contributed by atoms with Crippen molar-refractivity contribution >= 4 is 33.5 Å². The van der Waals surface area contributed by atoms with Crippen molar-refractivity contribution in [1.82, 2.24) is 9.80 Å². The normalized spacial score (nSPS) is 16.8. The van der Waals surface area contributed by atoms with Crippen LogP contribution in [-0.4, -0.2) is 77.8 Å². The number of carboxylic acid groups (broad SMARTS) is 2. The van der Waals surface area contributed by atoms with Crippen molar-refractivity contribution in [2.24, 2.45) is 0 Å². The first-order chi connectivity index (χ1) is 20.0. The number of aryl methyl sites for hydroxylation is 2. The van der Waals surface area contributed by atoms with E-state index in [4.69, 9.17) is 4.74 Å². The highest BCUT2D eigenvalue weighted by atomic mass is 16.5. The van der Waals surface area contributed by atoms with Crippen LogP contribution >= 0.6 is 0 Å². The minimum Gasteiger partial charge on any atom is -0.493 e. The number of likely N-dealkylation sites (tertiary alicyclic amines) is 2. The van der Waals surface area contributed by atoms with Crippen molar-refractivity contribution in [3.05, 3.63) is 52.6 Å². The molecular formula is C34H44N2O5. The number of nitrogens with zero attached hydrogens (tertiary/aromatic N) is 2. The molecule has 0 amide bonds. The minimum absolute atomic E-state index is 0.212. The molecule has 2 saturated heterocycles. The molecule has 3 aromatic rings. The summed E-state index contributed by atoms with van der Waals surface area (Å²) in [6.45, 7) is 8.78. The second kappa shape index (κ2) is 13.7. The van der Waals surface area contributed by atoms with Gasteiger partial charge in [0.2, 0.25) is 0 Å².